The Balaban J connectivity index is 2.27. The van der Waals surface area contributed by atoms with Crippen LogP contribution in [-0.2, 0) is 0 Å². The van der Waals surface area contributed by atoms with Gasteiger partial charge in [-0.1, -0.05) is 0 Å². The molecule has 0 spiro atoms. The minimum absolute atomic E-state index is 0.0455. The number of phenolic OH excluding ortho intramolecular Hbond substituents is 2. The number of phenols is 2. The number of H-pyrrole nitrogens is 1. The summed E-state index contributed by atoms with van der Waals surface area (Å²) in [5.41, 5.74) is 1.02. The summed E-state index contributed by atoms with van der Waals surface area (Å²) in [5.74, 6) is 1.40. The van der Waals surface area contributed by atoms with E-state index in [1.807, 2.05) is 0 Å². The summed E-state index contributed by atoms with van der Waals surface area (Å²) in [5, 5.41) is 26.5. The van der Waals surface area contributed by atoms with Crippen LogP contribution in [0.5, 0.6) is 23.0 Å². The SMILES string of the molecule is COc1ccc(OC)c(-n2c(-c3ccc(O)cc3O)n[nH]c2=S)c1. The molecule has 0 aliphatic rings. The lowest BCUT2D eigenvalue weighted by atomic mass is 10.1. The van der Waals surface area contributed by atoms with E-state index in [-0.39, 0.29) is 11.5 Å². The van der Waals surface area contributed by atoms with Gasteiger partial charge in [-0.25, -0.2) is 0 Å². The highest BCUT2D eigenvalue weighted by molar-refractivity contribution is 7.71. The van der Waals surface area contributed by atoms with Crippen molar-refractivity contribution in [3.8, 4) is 40.1 Å². The van der Waals surface area contributed by atoms with Crippen LogP contribution in [0, 0.1) is 4.77 Å². The molecule has 2 aromatic carbocycles. The van der Waals surface area contributed by atoms with Crippen LogP contribution in [-0.4, -0.2) is 39.2 Å². The predicted molar refractivity (Wildman–Crippen MR) is 90.6 cm³/mol. The van der Waals surface area contributed by atoms with E-state index in [1.165, 1.54) is 12.1 Å². The molecule has 8 heteroatoms. The second kappa shape index (κ2) is 6.25. The van der Waals surface area contributed by atoms with Crippen LogP contribution >= 0.6 is 12.2 Å². The van der Waals surface area contributed by atoms with Crippen molar-refractivity contribution in [3.63, 3.8) is 0 Å². The van der Waals surface area contributed by atoms with Crippen molar-refractivity contribution < 1.29 is 19.7 Å². The molecule has 3 N–H and O–H groups in total. The lowest BCUT2D eigenvalue weighted by Gasteiger charge is -2.13. The van der Waals surface area contributed by atoms with Gasteiger partial charge in [-0.3, -0.25) is 9.67 Å². The van der Waals surface area contributed by atoms with Gasteiger partial charge in [-0.2, -0.15) is 5.10 Å². The Bertz CT molecular complexity index is 949. The van der Waals surface area contributed by atoms with Crippen LogP contribution in [0.25, 0.3) is 17.1 Å². The fraction of sp³-hybridized carbons (Fsp3) is 0.125. The molecule has 24 heavy (non-hydrogen) atoms. The van der Waals surface area contributed by atoms with E-state index in [2.05, 4.69) is 10.2 Å². The topological polar surface area (TPSA) is 92.5 Å². The molecule has 7 nitrogen and oxygen atoms in total. The number of rotatable bonds is 4. The second-order valence-electron chi connectivity index (χ2n) is 4.93. The molecule has 3 rings (SSSR count). The van der Waals surface area contributed by atoms with E-state index >= 15 is 0 Å². The Morgan fingerprint density at radius 1 is 1.08 bits per heavy atom. The first-order valence-electron chi connectivity index (χ1n) is 6.97. The number of aromatic amines is 1. The molecule has 0 bridgehead atoms. The third-order valence-corrected chi connectivity index (χ3v) is 3.80. The van der Waals surface area contributed by atoms with E-state index in [1.54, 1.807) is 43.1 Å². The van der Waals surface area contributed by atoms with Crippen molar-refractivity contribution in [3.05, 3.63) is 41.2 Å². The molecule has 3 aromatic rings. The fourth-order valence-electron chi connectivity index (χ4n) is 2.38. The third-order valence-electron chi connectivity index (χ3n) is 3.52. The zero-order chi connectivity index (χ0) is 17.3. The summed E-state index contributed by atoms with van der Waals surface area (Å²) in [7, 11) is 3.11. The number of aromatic hydroxyl groups is 2. The highest BCUT2D eigenvalue weighted by atomic mass is 32.1. The lowest BCUT2D eigenvalue weighted by molar-refractivity contribution is 0.401. The normalized spacial score (nSPS) is 10.6. The van der Waals surface area contributed by atoms with Gasteiger partial charge in [-0.15, -0.1) is 0 Å². The molecule has 0 fully saturated rings. The number of benzene rings is 2. The molecule has 0 atom stereocenters. The minimum Gasteiger partial charge on any atom is -0.508 e. The van der Waals surface area contributed by atoms with Crippen molar-refractivity contribution in [2.75, 3.05) is 14.2 Å². The average Bonchev–Trinajstić information content (AvgIpc) is 2.95. The maximum Gasteiger partial charge on any atom is 0.200 e. The van der Waals surface area contributed by atoms with Gasteiger partial charge in [0, 0.05) is 12.1 Å². The highest BCUT2D eigenvalue weighted by Crippen LogP contribution is 2.35. The third kappa shape index (κ3) is 2.67. The molecule has 0 saturated carbocycles. The van der Waals surface area contributed by atoms with E-state index in [9.17, 15) is 10.2 Å². The van der Waals surface area contributed by atoms with Gasteiger partial charge in [0.15, 0.2) is 10.6 Å². The van der Waals surface area contributed by atoms with Gasteiger partial charge in [0.25, 0.3) is 0 Å². The first-order chi connectivity index (χ1) is 11.5. The van der Waals surface area contributed by atoms with Crippen LogP contribution < -0.4 is 9.47 Å². The number of hydrogen-bond donors (Lipinski definition) is 3. The van der Waals surface area contributed by atoms with E-state index in [4.69, 9.17) is 21.7 Å². The largest absolute Gasteiger partial charge is 0.508 e. The summed E-state index contributed by atoms with van der Waals surface area (Å²) >= 11 is 5.33. The molecule has 1 aromatic heterocycles. The molecule has 124 valence electrons. The fourth-order valence-corrected chi connectivity index (χ4v) is 2.61. The summed E-state index contributed by atoms with van der Waals surface area (Å²) in [4.78, 5) is 0. The Kier molecular flexibility index (Phi) is 4.13. The van der Waals surface area contributed by atoms with Crippen LogP contribution in [0.2, 0.25) is 0 Å². The van der Waals surface area contributed by atoms with Crippen molar-refractivity contribution in [1.29, 1.82) is 0 Å². The van der Waals surface area contributed by atoms with Crippen molar-refractivity contribution in [2.45, 2.75) is 0 Å². The number of methoxy groups -OCH3 is 2. The number of nitrogens with zero attached hydrogens (tertiary/aromatic N) is 2. The van der Waals surface area contributed by atoms with Crippen molar-refractivity contribution in [2.24, 2.45) is 0 Å². The summed E-state index contributed by atoms with van der Waals surface area (Å²) in [6, 6.07) is 9.52. The molecular formula is C16H15N3O4S. The zero-order valence-corrected chi connectivity index (χ0v) is 13.8. The first-order valence-corrected chi connectivity index (χ1v) is 7.38. The summed E-state index contributed by atoms with van der Waals surface area (Å²) in [6.07, 6.45) is 0. The molecule has 0 aliphatic carbocycles. The Hall–Kier alpha value is -3.00. The van der Waals surface area contributed by atoms with Crippen LogP contribution in [0.15, 0.2) is 36.4 Å². The van der Waals surface area contributed by atoms with Crippen LogP contribution in [0.3, 0.4) is 0 Å². The summed E-state index contributed by atoms with van der Waals surface area (Å²) in [6.45, 7) is 0. The van der Waals surface area contributed by atoms with Crippen molar-refractivity contribution >= 4 is 12.2 Å². The van der Waals surface area contributed by atoms with Gasteiger partial charge in [0.1, 0.15) is 23.0 Å². The van der Waals surface area contributed by atoms with Gasteiger partial charge < -0.3 is 19.7 Å². The number of hydrogen-bond acceptors (Lipinski definition) is 6. The van der Waals surface area contributed by atoms with Gasteiger partial charge in [0.05, 0.1) is 25.5 Å². The van der Waals surface area contributed by atoms with E-state index < -0.39 is 0 Å². The van der Waals surface area contributed by atoms with Crippen LogP contribution in [0.1, 0.15) is 0 Å². The Labute approximate surface area is 142 Å². The Morgan fingerprint density at radius 2 is 1.88 bits per heavy atom. The first kappa shape index (κ1) is 15.9. The molecule has 0 radical (unpaired) electrons. The number of ether oxygens (including phenoxy) is 2. The molecule has 1 heterocycles. The van der Waals surface area contributed by atoms with E-state index in [0.717, 1.165) is 0 Å². The molecular weight excluding hydrogens is 330 g/mol. The highest BCUT2D eigenvalue weighted by Gasteiger charge is 2.18. The molecule has 0 amide bonds. The predicted octanol–water partition coefficient (Wildman–Crippen LogP) is 3.03. The quantitative estimate of drug-likeness (QED) is 0.630. The van der Waals surface area contributed by atoms with Gasteiger partial charge in [-0.05, 0) is 36.5 Å². The maximum absolute atomic E-state index is 10.1. The van der Waals surface area contributed by atoms with E-state index in [0.29, 0.717) is 33.3 Å². The number of nitrogens with one attached hydrogen (secondary N) is 1. The Morgan fingerprint density at radius 3 is 2.54 bits per heavy atom. The smallest absolute Gasteiger partial charge is 0.200 e. The lowest BCUT2D eigenvalue weighted by Crippen LogP contribution is -2.01. The molecule has 0 unspecified atom stereocenters. The molecule has 0 aliphatic heterocycles. The monoisotopic (exact) mass is 345 g/mol. The minimum atomic E-state index is -0.118. The number of aromatic nitrogens is 3. The molecule has 0 saturated heterocycles. The van der Waals surface area contributed by atoms with Crippen LogP contribution in [0.4, 0.5) is 0 Å². The maximum atomic E-state index is 10.1. The van der Waals surface area contributed by atoms with Crippen molar-refractivity contribution in [1.82, 2.24) is 14.8 Å². The second-order valence-corrected chi connectivity index (χ2v) is 5.31. The average molecular weight is 345 g/mol. The van der Waals surface area contributed by atoms with Gasteiger partial charge >= 0.3 is 0 Å². The standard InChI is InChI=1S/C16H15N3O4S/c1-22-10-4-6-14(23-2)12(8-10)19-15(17-18-16(19)24)11-5-3-9(20)7-13(11)21/h3-8,20-21H,1-2H3,(H,18,24). The van der Waals surface area contributed by atoms with Gasteiger partial charge in [0.2, 0.25) is 0 Å². The summed E-state index contributed by atoms with van der Waals surface area (Å²) < 4.78 is 12.6. The zero-order valence-electron chi connectivity index (χ0n) is 13.0.